The van der Waals surface area contributed by atoms with E-state index in [2.05, 4.69) is 22.6 Å². The second-order valence-electron chi connectivity index (χ2n) is 3.36. The Hall–Kier alpha value is 0.200. The van der Waals surface area contributed by atoms with E-state index in [1.165, 1.54) is 0 Å². The zero-order chi connectivity index (χ0) is 10.0. The maximum Gasteiger partial charge on any atom is 0.0813 e. The van der Waals surface area contributed by atoms with Crippen LogP contribution in [-0.2, 0) is 0 Å². The van der Waals surface area contributed by atoms with Crippen LogP contribution in [-0.4, -0.2) is 5.11 Å². The number of aliphatic hydroxyl groups is 1. The fourth-order valence-electron chi connectivity index (χ4n) is 1.08. The van der Waals surface area contributed by atoms with Gasteiger partial charge in [0.25, 0.3) is 0 Å². The van der Waals surface area contributed by atoms with E-state index in [0.29, 0.717) is 5.02 Å². The molecule has 1 unspecified atom stereocenters. The molecule has 1 aromatic rings. The molecule has 0 aromatic heterocycles. The van der Waals surface area contributed by atoms with Crippen LogP contribution < -0.4 is 0 Å². The van der Waals surface area contributed by atoms with E-state index in [4.69, 9.17) is 11.6 Å². The molecule has 0 heterocycles. The van der Waals surface area contributed by atoms with Gasteiger partial charge in [0.1, 0.15) is 0 Å². The van der Waals surface area contributed by atoms with Crippen LogP contribution in [0, 0.1) is 9.49 Å². The first-order chi connectivity index (χ1) is 6.02. The Morgan fingerprint density at radius 1 is 1.38 bits per heavy atom. The molecule has 0 spiro atoms. The Kier molecular flexibility index (Phi) is 4.01. The maximum absolute atomic E-state index is 9.75. The lowest BCUT2D eigenvalue weighted by molar-refractivity contribution is 0.127. The quantitative estimate of drug-likeness (QED) is 0.827. The minimum atomic E-state index is -0.422. The van der Waals surface area contributed by atoms with Crippen molar-refractivity contribution in [1.82, 2.24) is 0 Å². The van der Waals surface area contributed by atoms with Crippen molar-refractivity contribution in [3.63, 3.8) is 0 Å². The molecule has 0 aliphatic rings. The van der Waals surface area contributed by atoms with E-state index < -0.39 is 6.10 Å². The maximum atomic E-state index is 9.75. The number of hydrogen-bond donors (Lipinski definition) is 1. The molecule has 0 saturated heterocycles. The highest BCUT2D eigenvalue weighted by molar-refractivity contribution is 14.1. The molecule has 1 atom stereocenters. The van der Waals surface area contributed by atoms with Gasteiger partial charge in [0.2, 0.25) is 0 Å². The second kappa shape index (κ2) is 4.62. The molecule has 72 valence electrons. The zero-order valence-corrected chi connectivity index (χ0v) is 10.5. The van der Waals surface area contributed by atoms with Gasteiger partial charge in [0.15, 0.2) is 0 Å². The summed E-state index contributed by atoms with van der Waals surface area (Å²) < 4.78 is 1.01. The second-order valence-corrected chi connectivity index (χ2v) is 4.93. The van der Waals surface area contributed by atoms with Gasteiger partial charge in [-0.3, -0.25) is 0 Å². The Morgan fingerprint density at radius 2 is 2.00 bits per heavy atom. The molecule has 0 radical (unpaired) electrons. The summed E-state index contributed by atoms with van der Waals surface area (Å²) in [4.78, 5) is 0. The first-order valence-electron chi connectivity index (χ1n) is 4.15. The Labute approximate surface area is 97.3 Å². The molecule has 0 aliphatic heterocycles. The highest BCUT2D eigenvalue weighted by atomic mass is 127. The summed E-state index contributed by atoms with van der Waals surface area (Å²) in [5, 5.41) is 10.5. The third-order valence-corrected chi connectivity index (χ3v) is 3.49. The lowest BCUT2D eigenvalue weighted by Gasteiger charge is -2.15. The normalized spacial score (nSPS) is 13.4. The number of benzene rings is 1. The summed E-state index contributed by atoms with van der Waals surface area (Å²) in [5.41, 5.74) is 0.889. The molecule has 0 saturated carbocycles. The first kappa shape index (κ1) is 11.3. The predicted molar refractivity (Wildman–Crippen MR) is 64.0 cm³/mol. The highest BCUT2D eigenvalue weighted by Crippen LogP contribution is 2.26. The molecule has 0 fully saturated rings. The van der Waals surface area contributed by atoms with Crippen molar-refractivity contribution < 1.29 is 5.11 Å². The average molecular weight is 311 g/mol. The molecule has 13 heavy (non-hydrogen) atoms. The van der Waals surface area contributed by atoms with E-state index in [1.54, 1.807) is 0 Å². The molecular weight excluding hydrogens is 298 g/mol. The van der Waals surface area contributed by atoms with Crippen LogP contribution in [0.15, 0.2) is 18.2 Å². The zero-order valence-electron chi connectivity index (χ0n) is 7.59. The summed E-state index contributed by atoms with van der Waals surface area (Å²) in [6, 6.07) is 5.66. The van der Waals surface area contributed by atoms with Crippen LogP contribution in [0.4, 0.5) is 0 Å². The van der Waals surface area contributed by atoms with Gasteiger partial charge < -0.3 is 5.11 Å². The summed E-state index contributed by atoms with van der Waals surface area (Å²) in [7, 11) is 0. The molecule has 0 aliphatic carbocycles. The lowest BCUT2D eigenvalue weighted by atomic mass is 9.99. The van der Waals surface area contributed by atoms with Crippen molar-refractivity contribution in [1.29, 1.82) is 0 Å². The number of aliphatic hydroxyl groups excluding tert-OH is 1. The molecule has 1 nitrogen and oxygen atoms in total. The molecule has 1 N–H and O–H groups in total. The minimum Gasteiger partial charge on any atom is -0.388 e. The van der Waals surface area contributed by atoms with Gasteiger partial charge in [-0.2, -0.15) is 0 Å². The van der Waals surface area contributed by atoms with Gasteiger partial charge in [0.05, 0.1) is 11.1 Å². The van der Waals surface area contributed by atoms with Gasteiger partial charge >= 0.3 is 0 Å². The van der Waals surface area contributed by atoms with Gasteiger partial charge in [-0.25, -0.2) is 0 Å². The van der Waals surface area contributed by atoms with Crippen LogP contribution in [0.1, 0.15) is 25.5 Å². The van der Waals surface area contributed by atoms with Crippen LogP contribution in [0.5, 0.6) is 0 Å². The van der Waals surface area contributed by atoms with Crippen LogP contribution in [0.2, 0.25) is 5.02 Å². The molecule has 0 bridgehead atoms. The molecule has 1 aromatic carbocycles. The highest BCUT2D eigenvalue weighted by Gasteiger charge is 2.12. The number of hydrogen-bond acceptors (Lipinski definition) is 1. The van der Waals surface area contributed by atoms with E-state index in [0.717, 1.165) is 9.13 Å². The first-order valence-corrected chi connectivity index (χ1v) is 5.61. The van der Waals surface area contributed by atoms with Gasteiger partial charge in [-0.05, 0) is 46.2 Å². The largest absolute Gasteiger partial charge is 0.388 e. The molecule has 0 amide bonds. The fourth-order valence-corrected chi connectivity index (χ4v) is 1.61. The smallest absolute Gasteiger partial charge is 0.0813 e. The molecule has 3 heteroatoms. The summed E-state index contributed by atoms with van der Waals surface area (Å²) in [5.74, 6) is 0.219. The van der Waals surface area contributed by atoms with Crippen molar-refractivity contribution in [2.45, 2.75) is 20.0 Å². The van der Waals surface area contributed by atoms with E-state index >= 15 is 0 Å². The van der Waals surface area contributed by atoms with E-state index in [-0.39, 0.29) is 5.92 Å². The van der Waals surface area contributed by atoms with Gasteiger partial charge in [0, 0.05) is 3.57 Å². The van der Waals surface area contributed by atoms with Crippen LogP contribution in [0.25, 0.3) is 0 Å². The van der Waals surface area contributed by atoms with Gasteiger partial charge in [-0.15, -0.1) is 0 Å². The Morgan fingerprint density at radius 3 is 2.46 bits per heavy atom. The minimum absolute atomic E-state index is 0.219. The van der Waals surface area contributed by atoms with Gasteiger partial charge in [-0.1, -0.05) is 31.5 Å². The standard InChI is InChI=1S/C10H12ClIO/c1-6(2)10(13)7-3-4-9(12)8(11)5-7/h3-6,10,13H,1-2H3. The average Bonchev–Trinajstić information content (AvgIpc) is 2.08. The summed E-state index contributed by atoms with van der Waals surface area (Å²) in [6.07, 6.45) is -0.422. The van der Waals surface area contributed by atoms with E-state index in [1.807, 2.05) is 32.0 Å². The molecule has 1 rings (SSSR count). The van der Waals surface area contributed by atoms with Crippen molar-refractivity contribution in [3.8, 4) is 0 Å². The van der Waals surface area contributed by atoms with Crippen molar-refractivity contribution in [3.05, 3.63) is 32.4 Å². The number of rotatable bonds is 2. The van der Waals surface area contributed by atoms with Crippen molar-refractivity contribution in [2.75, 3.05) is 0 Å². The van der Waals surface area contributed by atoms with Crippen LogP contribution >= 0.6 is 34.2 Å². The van der Waals surface area contributed by atoms with Crippen molar-refractivity contribution in [2.24, 2.45) is 5.92 Å². The van der Waals surface area contributed by atoms with E-state index in [9.17, 15) is 5.11 Å². The van der Waals surface area contributed by atoms with Crippen LogP contribution in [0.3, 0.4) is 0 Å². The number of halogens is 2. The summed E-state index contributed by atoms with van der Waals surface area (Å²) in [6.45, 7) is 3.97. The van der Waals surface area contributed by atoms with Crippen molar-refractivity contribution >= 4 is 34.2 Å². The topological polar surface area (TPSA) is 20.2 Å². The Balaban J connectivity index is 2.97. The predicted octanol–water partition coefficient (Wildman–Crippen LogP) is 3.63. The fraction of sp³-hybridized carbons (Fsp3) is 0.400. The third-order valence-electron chi connectivity index (χ3n) is 1.92. The SMILES string of the molecule is CC(C)C(O)c1ccc(I)c(Cl)c1. The summed E-state index contributed by atoms with van der Waals surface area (Å²) >= 11 is 8.11. The Bertz CT molecular complexity index is 299. The molecular formula is C10H12ClIO. The monoisotopic (exact) mass is 310 g/mol. The lowest BCUT2D eigenvalue weighted by Crippen LogP contribution is -2.05. The third kappa shape index (κ3) is 2.82.